The molecule has 1 fully saturated rings. The van der Waals surface area contributed by atoms with Gasteiger partial charge in [-0.1, -0.05) is 6.07 Å². The number of imide groups is 1. The van der Waals surface area contributed by atoms with Gasteiger partial charge in [-0.2, -0.15) is 0 Å². The third kappa shape index (κ3) is 4.49. The Morgan fingerprint density at radius 3 is 2.93 bits per heavy atom. The first-order valence-corrected chi connectivity index (χ1v) is 9.48. The molecule has 3 rings (SSSR count). The van der Waals surface area contributed by atoms with Gasteiger partial charge in [0.05, 0.1) is 23.8 Å². The van der Waals surface area contributed by atoms with Crippen molar-refractivity contribution in [2.24, 2.45) is 5.73 Å². The second-order valence-corrected chi connectivity index (χ2v) is 6.70. The molecule has 0 bridgehead atoms. The number of unbranched alkanes of at least 4 members (excludes halogenated alkanes) is 1. The third-order valence-corrected chi connectivity index (χ3v) is 4.69. The number of nitrogens with one attached hydrogen (secondary N) is 1. The van der Waals surface area contributed by atoms with Crippen molar-refractivity contribution in [3.63, 3.8) is 0 Å². The number of benzene rings is 1. The Kier molecular flexibility index (Phi) is 6.96. The van der Waals surface area contributed by atoms with Gasteiger partial charge in [0.15, 0.2) is 6.61 Å². The van der Waals surface area contributed by atoms with Crippen LogP contribution in [0.4, 0.5) is 0 Å². The van der Waals surface area contributed by atoms with Crippen molar-refractivity contribution >= 4 is 17.7 Å². The first-order chi connectivity index (χ1) is 13.6. The topological polar surface area (TPSA) is 120 Å². The van der Waals surface area contributed by atoms with Crippen LogP contribution in [-0.2, 0) is 14.6 Å². The highest BCUT2D eigenvalue weighted by Crippen LogP contribution is 2.33. The number of carbonyl (C=O) groups excluding carboxylic acids is 3. The highest BCUT2D eigenvalue weighted by atomic mass is 17.2. The van der Waals surface area contributed by atoms with Crippen LogP contribution in [0.1, 0.15) is 46.4 Å². The van der Waals surface area contributed by atoms with Crippen LogP contribution in [0.25, 0.3) is 0 Å². The Balaban J connectivity index is 1.67. The molecule has 0 aromatic heterocycles. The summed E-state index contributed by atoms with van der Waals surface area (Å²) in [7, 11) is 0. The van der Waals surface area contributed by atoms with Crippen molar-refractivity contribution in [1.82, 2.24) is 10.2 Å². The summed E-state index contributed by atoms with van der Waals surface area (Å²) in [5.74, 6) is -0.888. The van der Waals surface area contributed by atoms with E-state index in [2.05, 4.69) is 5.32 Å². The summed E-state index contributed by atoms with van der Waals surface area (Å²) in [4.78, 5) is 48.8. The van der Waals surface area contributed by atoms with Crippen LogP contribution >= 0.6 is 0 Å². The van der Waals surface area contributed by atoms with Gasteiger partial charge in [0.1, 0.15) is 12.4 Å². The van der Waals surface area contributed by atoms with E-state index < -0.39 is 11.9 Å². The lowest BCUT2D eigenvalue weighted by atomic mass is 10.1. The fourth-order valence-corrected chi connectivity index (χ4v) is 3.27. The van der Waals surface area contributed by atoms with Crippen LogP contribution in [0, 0.1) is 0 Å². The lowest BCUT2D eigenvalue weighted by molar-refractivity contribution is -0.291. The van der Waals surface area contributed by atoms with E-state index in [-0.39, 0.29) is 41.9 Å². The van der Waals surface area contributed by atoms with Gasteiger partial charge in [0.2, 0.25) is 0 Å². The van der Waals surface area contributed by atoms with Crippen molar-refractivity contribution in [2.75, 3.05) is 32.9 Å². The molecule has 1 unspecified atom stereocenters. The normalized spacial score (nSPS) is 19.3. The average molecular weight is 391 g/mol. The van der Waals surface area contributed by atoms with Gasteiger partial charge in [0, 0.05) is 6.54 Å². The quantitative estimate of drug-likeness (QED) is 0.379. The van der Waals surface area contributed by atoms with Crippen LogP contribution in [0.2, 0.25) is 0 Å². The molecule has 152 valence electrons. The van der Waals surface area contributed by atoms with Gasteiger partial charge in [-0.05, 0) is 44.4 Å². The fraction of sp³-hybridized carbons (Fsp3) is 0.526. The minimum Gasteiger partial charge on any atom is -0.483 e. The maximum atomic E-state index is 12.9. The van der Waals surface area contributed by atoms with Crippen LogP contribution in [0.3, 0.4) is 0 Å². The smallest absolute Gasteiger partial charge is 0.265 e. The monoisotopic (exact) mass is 391 g/mol. The molecule has 2 heterocycles. The number of nitrogens with two attached hydrogens (primary N) is 1. The Morgan fingerprint density at radius 2 is 2.11 bits per heavy atom. The van der Waals surface area contributed by atoms with E-state index in [0.29, 0.717) is 32.5 Å². The molecule has 0 saturated carbocycles. The Morgan fingerprint density at radius 1 is 1.25 bits per heavy atom. The number of rotatable bonds is 8. The first kappa shape index (κ1) is 20.2. The zero-order chi connectivity index (χ0) is 19.9. The molecule has 3 N–H and O–H groups in total. The minimum atomic E-state index is -0.436. The molecule has 1 saturated heterocycles. The minimum absolute atomic E-state index is 0.132. The second-order valence-electron chi connectivity index (χ2n) is 6.70. The maximum Gasteiger partial charge on any atom is 0.265 e. The first-order valence-electron chi connectivity index (χ1n) is 9.48. The zero-order valence-electron chi connectivity index (χ0n) is 15.6. The number of nitrogens with zero attached hydrogens (tertiary/aromatic N) is 1. The van der Waals surface area contributed by atoms with Gasteiger partial charge < -0.3 is 15.8 Å². The fourth-order valence-electron chi connectivity index (χ4n) is 3.27. The summed E-state index contributed by atoms with van der Waals surface area (Å²) < 4.78 is 5.55. The molecular weight excluding hydrogens is 366 g/mol. The standard InChI is InChI=1S/C19H25N3O6/c20-8-1-2-9-21-16(23)12-26-15-7-3-6-14-17(15)19(25)22(18(14)24)13-5-4-10-27-28-11-13/h3,6-7,13H,1-2,4-5,8-12,20H2,(H,21,23). The summed E-state index contributed by atoms with van der Waals surface area (Å²) >= 11 is 0. The largest absolute Gasteiger partial charge is 0.483 e. The van der Waals surface area contributed by atoms with Crippen molar-refractivity contribution < 1.29 is 28.9 Å². The van der Waals surface area contributed by atoms with E-state index in [1.54, 1.807) is 18.2 Å². The number of carbonyl (C=O) groups is 3. The molecule has 9 nitrogen and oxygen atoms in total. The van der Waals surface area contributed by atoms with Crippen LogP contribution in [0.5, 0.6) is 5.75 Å². The van der Waals surface area contributed by atoms with Crippen LogP contribution < -0.4 is 15.8 Å². The highest BCUT2D eigenvalue weighted by Gasteiger charge is 2.42. The molecule has 2 aliphatic heterocycles. The summed E-state index contributed by atoms with van der Waals surface area (Å²) in [6.07, 6.45) is 2.91. The molecular formula is C19H25N3O6. The summed E-state index contributed by atoms with van der Waals surface area (Å²) in [6, 6.07) is 4.41. The Hall–Kier alpha value is -2.49. The summed E-state index contributed by atoms with van der Waals surface area (Å²) in [5.41, 5.74) is 5.88. The molecule has 2 aliphatic rings. The summed E-state index contributed by atoms with van der Waals surface area (Å²) in [6.45, 7) is 1.41. The molecule has 3 amide bonds. The third-order valence-electron chi connectivity index (χ3n) is 4.69. The van der Waals surface area contributed by atoms with E-state index >= 15 is 0 Å². The average Bonchev–Trinajstić information content (AvgIpc) is 2.87. The SMILES string of the molecule is NCCCCNC(=O)COc1cccc2c1C(=O)N(C1CCCOOC1)C2=O. The van der Waals surface area contributed by atoms with Gasteiger partial charge in [0.25, 0.3) is 17.7 Å². The van der Waals surface area contributed by atoms with Gasteiger partial charge in [-0.15, -0.1) is 0 Å². The second kappa shape index (κ2) is 9.63. The molecule has 1 aromatic carbocycles. The highest BCUT2D eigenvalue weighted by molar-refractivity contribution is 6.22. The Labute approximate surface area is 163 Å². The van der Waals surface area contributed by atoms with Crippen molar-refractivity contribution in [3.8, 4) is 5.75 Å². The summed E-state index contributed by atoms with van der Waals surface area (Å²) in [5, 5.41) is 2.73. The van der Waals surface area contributed by atoms with Gasteiger partial charge >= 0.3 is 0 Å². The maximum absolute atomic E-state index is 12.9. The molecule has 1 aromatic rings. The number of amides is 3. The lowest BCUT2D eigenvalue weighted by Gasteiger charge is -2.23. The van der Waals surface area contributed by atoms with Crippen molar-refractivity contribution in [1.29, 1.82) is 0 Å². The molecule has 1 atom stereocenters. The van der Waals surface area contributed by atoms with E-state index in [1.165, 1.54) is 4.90 Å². The number of hydrogen-bond acceptors (Lipinski definition) is 7. The molecule has 9 heteroatoms. The number of hydrogen-bond donors (Lipinski definition) is 2. The predicted octanol–water partition coefficient (Wildman–Crippen LogP) is 0.627. The molecule has 0 radical (unpaired) electrons. The Bertz CT molecular complexity index is 730. The van der Waals surface area contributed by atoms with Crippen molar-refractivity contribution in [3.05, 3.63) is 29.3 Å². The molecule has 0 spiro atoms. The number of fused-ring (bicyclic) bond motifs is 1. The molecule has 0 aliphatic carbocycles. The van der Waals surface area contributed by atoms with Crippen molar-refractivity contribution in [2.45, 2.75) is 31.7 Å². The van der Waals surface area contributed by atoms with E-state index in [4.69, 9.17) is 20.2 Å². The van der Waals surface area contributed by atoms with Crippen LogP contribution in [0.15, 0.2) is 18.2 Å². The molecule has 28 heavy (non-hydrogen) atoms. The zero-order valence-corrected chi connectivity index (χ0v) is 15.6. The van der Waals surface area contributed by atoms with Gasteiger partial charge in [-0.25, -0.2) is 9.78 Å². The lowest BCUT2D eigenvalue weighted by Crippen LogP contribution is -2.42. The van der Waals surface area contributed by atoms with Gasteiger partial charge in [-0.3, -0.25) is 19.3 Å². The number of ether oxygens (including phenoxy) is 1. The van der Waals surface area contributed by atoms with E-state index in [9.17, 15) is 14.4 Å². The van der Waals surface area contributed by atoms with Crippen LogP contribution in [-0.4, -0.2) is 61.6 Å². The predicted molar refractivity (Wildman–Crippen MR) is 98.7 cm³/mol. The van der Waals surface area contributed by atoms with E-state index in [1.807, 2.05) is 0 Å². The van der Waals surface area contributed by atoms with E-state index in [0.717, 1.165) is 12.8 Å².